The molecule has 10 nitrogen and oxygen atoms in total. The third-order valence-corrected chi connectivity index (χ3v) is 7.51. The molecule has 1 aliphatic carbocycles. The second kappa shape index (κ2) is 8.85. The second-order valence-corrected chi connectivity index (χ2v) is 9.69. The number of hydrogen-bond acceptors (Lipinski definition) is 8. The lowest BCUT2D eigenvalue weighted by molar-refractivity contribution is 0.122. The van der Waals surface area contributed by atoms with Crippen molar-refractivity contribution >= 4 is 28.0 Å². The molecule has 10 heteroatoms. The smallest absolute Gasteiger partial charge is 0.239 e. The van der Waals surface area contributed by atoms with Crippen LogP contribution in [0, 0.1) is 6.92 Å². The highest BCUT2D eigenvalue weighted by Gasteiger charge is 2.33. The van der Waals surface area contributed by atoms with Crippen LogP contribution in [-0.2, 0) is 18.3 Å². The lowest BCUT2D eigenvalue weighted by atomic mass is 9.99. The average molecular weight is 477 g/mol. The zero-order valence-electron chi connectivity index (χ0n) is 20.4. The van der Waals surface area contributed by atoms with Gasteiger partial charge in [-0.15, -0.1) is 0 Å². The summed E-state index contributed by atoms with van der Waals surface area (Å²) in [5.74, 6) is 3.14. The summed E-state index contributed by atoms with van der Waals surface area (Å²) >= 11 is 0. The van der Waals surface area contributed by atoms with Gasteiger partial charge in [-0.1, -0.05) is 25.0 Å². The van der Waals surface area contributed by atoms with Gasteiger partial charge in [-0.05, 0) is 31.9 Å². The summed E-state index contributed by atoms with van der Waals surface area (Å²) in [5.41, 5.74) is 3.26. The zero-order valence-corrected chi connectivity index (χ0v) is 20.4. The summed E-state index contributed by atoms with van der Waals surface area (Å²) in [6.07, 6.45) is 4.27. The first kappa shape index (κ1) is 22.4. The van der Waals surface area contributed by atoms with Gasteiger partial charge < -0.3 is 24.6 Å². The van der Waals surface area contributed by atoms with Crippen LogP contribution in [0.25, 0.3) is 28.1 Å². The van der Waals surface area contributed by atoms with Crippen molar-refractivity contribution in [1.82, 2.24) is 34.4 Å². The van der Waals surface area contributed by atoms with Gasteiger partial charge in [0, 0.05) is 25.7 Å². The quantitative estimate of drug-likeness (QED) is 0.437. The molecule has 0 bridgehead atoms. The molecule has 6 rings (SSSR count). The minimum atomic E-state index is -0.213. The highest BCUT2D eigenvalue weighted by Crippen LogP contribution is 2.31. The van der Waals surface area contributed by atoms with Gasteiger partial charge in [0.15, 0.2) is 17.0 Å². The Morgan fingerprint density at radius 2 is 1.83 bits per heavy atom. The molecule has 1 saturated carbocycles. The highest BCUT2D eigenvalue weighted by molar-refractivity contribution is 5.86. The number of benzene rings is 1. The van der Waals surface area contributed by atoms with Gasteiger partial charge in [-0.3, -0.25) is 4.57 Å². The Morgan fingerprint density at radius 1 is 1.06 bits per heavy atom. The van der Waals surface area contributed by atoms with Crippen molar-refractivity contribution < 1.29 is 9.84 Å². The molecule has 4 heterocycles. The number of hydrogen-bond donors (Lipinski definition) is 2. The second-order valence-electron chi connectivity index (χ2n) is 9.69. The van der Waals surface area contributed by atoms with Crippen molar-refractivity contribution in [2.75, 3.05) is 37.8 Å². The summed E-state index contributed by atoms with van der Waals surface area (Å²) in [4.78, 5) is 22.0. The van der Waals surface area contributed by atoms with E-state index in [1.165, 1.54) is 0 Å². The molecule has 0 atom stereocenters. The van der Waals surface area contributed by atoms with E-state index in [1.807, 2.05) is 47.4 Å². The molecule has 1 aromatic carbocycles. The molecule has 2 fully saturated rings. The summed E-state index contributed by atoms with van der Waals surface area (Å²) in [6, 6.07) is 8.06. The van der Waals surface area contributed by atoms with E-state index in [0.29, 0.717) is 25.7 Å². The van der Waals surface area contributed by atoms with Crippen LogP contribution < -0.4 is 10.2 Å². The Hall–Kier alpha value is -3.08. The van der Waals surface area contributed by atoms with E-state index in [0.717, 1.165) is 78.4 Å². The molecule has 0 spiro atoms. The number of nitrogens with one attached hydrogen (secondary N) is 1. The third kappa shape index (κ3) is 3.85. The Bertz CT molecular complexity index is 1370. The minimum absolute atomic E-state index is 0.146. The van der Waals surface area contributed by atoms with Gasteiger partial charge in [0.25, 0.3) is 0 Å². The molecule has 35 heavy (non-hydrogen) atoms. The number of ether oxygens (including phenoxy) is 1. The van der Waals surface area contributed by atoms with Crippen molar-refractivity contribution in [3.05, 3.63) is 35.9 Å². The molecule has 184 valence electrons. The first-order valence-corrected chi connectivity index (χ1v) is 12.4. The Balaban J connectivity index is 1.47. The molecule has 0 amide bonds. The van der Waals surface area contributed by atoms with E-state index in [9.17, 15) is 5.11 Å². The van der Waals surface area contributed by atoms with E-state index in [2.05, 4.69) is 10.2 Å². The molecule has 4 aromatic rings. The van der Waals surface area contributed by atoms with Crippen LogP contribution >= 0.6 is 0 Å². The van der Waals surface area contributed by atoms with Gasteiger partial charge in [-0.25, -0.2) is 9.97 Å². The molecular weight excluding hydrogens is 444 g/mol. The fourth-order valence-electron chi connectivity index (χ4n) is 5.44. The van der Waals surface area contributed by atoms with E-state index < -0.39 is 0 Å². The molecule has 0 unspecified atom stereocenters. The normalized spacial score (nSPS) is 18.2. The SMILES string of the molecule is Cc1nc2ccccc2n1-c1nc(N2CCOCC2)c2nc(CNC3(CO)CCCC3)n(C)c2n1. The summed E-state index contributed by atoms with van der Waals surface area (Å²) in [5, 5.41) is 13.6. The molecule has 2 aliphatic rings. The fourth-order valence-corrected chi connectivity index (χ4v) is 5.44. The largest absolute Gasteiger partial charge is 0.394 e. The number of aryl methyl sites for hydroxylation is 2. The summed E-state index contributed by atoms with van der Waals surface area (Å²) in [6.45, 7) is 5.53. The number of anilines is 1. The van der Waals surface area contributed by atoms with E-state index in [-0.39, 0.29) is 12.1 Å². The van der Waals surface area contributed by atoms with Crippen molar-refractivity contribution in [1.29, 1.82) is 0 Å². The number of aromatic nitrogens is 6. The maximum absolute atomic E-state index is 10.0. The number of para-hydroxylation sites is 2. The van der Waals surface area contributed by atoms with Gasteiger partial charge in [0.05, 0.1) is 37.4 Å². The Morgan fingerprint density at radius 3 is 2.60 bits per heavy atom. The van der Waals surface area contributed by atoms with Crippen LogP contribution in [-0.4, -0.2) is 72.6 Å². The lowest BCUT2D eigenvalue weighted by Gasteiger charge is -2.28. The molecular formula is C25H32N8O2. The van der Waals surface area contributed by atoms with E-state index in [4.69, 9.17) is 24.7 Å². The Kier molecular flexibility index (Phi) is 5.66. The van der Waals surface area contributed by atoms with Crippen molar-refractivity contribution in [2.24, 2.45) is 7.05 Å². The highest BCUT2D eigenvalue weighted by atomic mass is 16.5. The van der Waals surface area contributed by atoms with Gasteiger partial charge >= 0.3 is 0 Å². The predicted octanol–water partition coefficient (Wildman–Crippen LogP) is 2.24. The van der Waals surface area contributed by atoms with Crippen LogP contribution in [0.1, 0.15) is 37.3 Å². The first-order chi connectivity index (χ1) is 17.1. The van der Waals surface area contributed by atoms with Crippen LogP contribution in [0.3, 0.4) is 0 Å². The zero-order chi connectivity index (χ0) is 24.0. The standard InChI is InChI=1S/C25H32N8O2/c1-17-27-18-7-3-4-8-19(18)33(17)24-29-22-21(23(30-24)32-11-13-35-14-12-32)28-20(31(22)2)15-26-25(16-34)9-5-6-10-25/h3-4,7-8,26,34H,5-6,9-16H2,1-2H3. The number of aliphatic hydroxyl groups excluding tert-OH is 1. The lowest BCUT2D eigenvalue weighted by Crippen LogP contribution is -2.45. The minimum Gasteiger partial charge on any atom is -0.394 e. The van der Waals surface area contributed by atoms with Crippen LogP contribution in [0.15, 0.2) is 24.3 Å². The van der Waals surface area contributed by atoms with E-state index in [1.54, 1.807) is 0 Å². The Labute approximate surface area is 204 Å². The third-order valence-electron chi connectivity index (χ3n) is 7.51. The van der Waals surface area contributed by atoms with Gasteiger partial charge in [0.1, 0.15) is 11.6 Å². The summed E-state index contributed by atoms with van der Waals surface area (Å²) in [7, 11) is 2.01. The number of fused-ring (bicyclic) bond motifs is 2. The fraction of sp³-hybridized carbons (Fsp3) is 0.520. The van der Waals surface area contributed by atoms with Crippen LogP contribution in [0.4, 0.5) is 5.82 Å². The monoisotopic (exact) mass is 476 g/mol. The van der Waals surface area contributed by atoms with Crippen molar-refractivity contribution in [3.8, 4) is 5.95 Å². The van der Waals surface area contributed by atoms with Gasteiger partial charge in [-0.2, -0.15) is 9.97 Å². The molecule has 3 aromatic heterocycles. The molecule has 0 radical (unpaired) electrons. The molecule has 1 saturated heterocycles. The molecule has 1 aliphatic heterocycles. The predicted molar refractivity (Wildman–Crippen MR) is 134 cm³/mol. The topological polar surface area (TPSA) is 106 Å². The number of aliphatic hydroxyl groups is 1. The summed E-state index contributed by atoms with van der Waals surface area (Å²) < 4.78 is 9.67. The number of nitrogens with zero attached hydrogens (tertiary/aromatic N) is 7. The van der Waals surface area contributed by atoms with Gasteiger partial charge in [0.2, 0.25) is 5.95 Å². The molecule has 2 N–H and O–H groups in total. The van der Waals surface area contributed by atoms with Crippen molar-refractivity contribution in [3.63, 3.8) is 0 Å². The van der Waals surface area contributed by atoms with Crippen LogP contribution in [0.5, 0.6) is 0 Å². The first-order valence-electron chi connectivity index (χ1n) is 12.4. The number of morpholine rings is 1. The number of imidazole rings is 2. The average Bonchev–Trinajstić information content (AvgIpc) is 3.58. The maximum atomic E-state index is 10.0. The van der Waals surface area contributed by atoms with E-state index >= 15 is 0 Å². The number of rotatable bonds is 6. The van der Waals surface area contributed by atoms with Crippen molar-refractivity contribution in [2.45, 2.75) is 44.7 Å². The van der Waals surface area contributed by atoms with Crippen LogP contribution in [0.2, 0.25) is 0 Å². The maximum Gasteiger partial charge on any atom is 0.239 e.